The van der Waals surface area contributed by atoms with Gasteiger partial charge in [0.05, 0.1) is 0 Å². The number of benzene rings is 2. The van der Waals surface area contributed by atoms with E-state index in [9.17, 15) is 17.3 Å². The van der Waals surface area contributed by atoms with Gasteiger partial charge in [0.1, 0.15) is 0 Å². The Bertz CT molecular complexity index is 861. The summed E-state index contributed by atoms with van der Waals surface area (Å²) in [5.74, 6) is 0. The molecule has 24 heavy (non-hydrogen) atoms. The van der Waals surface area contributed by atoms with Crippen molar-refractivity contribution in [2.75, 3.05) is 0 Å². The Hall–Kier alpha value is -2.88. The summed E-state index contributed by atoms with van der Waals surface area (Å²) >= 11 is 0. The molecular formula is C17H13BF4N2. The summed E-state index contributed by atoms with van der Waals surface area (Å²) in [6.07, 6.45) is 1.94. The zero-order valence-electron chi connectivity index (χ0n) is 12.5. The molecule has 0 amide bonds. The van der Waals surface area contributed by atoms with Gasteiger partial charge >= 0.3 is 7.25 Å². The molecule has 0 aliphatic heterocycles. The summed E-state index contributed by atoms with van der Waals surface area (Å²) in [4.78, 5) is 0. The summed E-state index contributed by atoms with van der Waals surface area (Å²) in [7, 11) is -6.00. The molecular weight excluding hydrogens is 319 g/mol. The predicted molar refractivity (Wildman–Crippen MR) is 84.6 cm³/mol. The van der Waals surface area contributed by atoms with E-state index in [1.54, 1.807) is 0 Å². The first-order valence-electron chi connectivity index (χ1n) is 7.11. The predicted octanol–water partition coefficient (Wildman–Crippen LogP) is 4.35. The molecule has 0 atom stereocenters. The maximum Gasteiger partial charge on any atom is 0.673 e. The fourth-order valence-electron chi connectivity index (χ4n) is 2.33. The smallest absolute Gasteiger partial charge is 0.418 e. The fraction of sp³-hybridized carbons (Fsp3) is 0.0588. The largest absolute Gasteiger partial charge is 0.673 e. The molecule has 0 bridgehead atoms. The van der Waals surface area contributed by atoms with Crippen LogP contribution in [0.5, 0.6) is 0 Å². The van der Waals surface area contributed by atoms with E-state index in [0.29, 0.717) is 12.2 Å². The van der Waals surface area contributed by atoms with E-state index in [1.807, 2.05) is 41.1 Å². The Morgan fingerprint density at radius 3 is 2.21 bits per heavy atom. The average Bonchev–Trinajstić information content (AvgIpc) is 2.54. The van der Waals surface area contributed by atoms with Crippen molar-refractivity contribution in [3.05, 3.63) is 78.1 Å². The Labute approximate surface area is 136 Å². The first-order valence-corrected chi connectivity index (χ1v) is 7.11. The van der Waals surface area contributed by atoms with Gasteiger partial charge in [-0.3, -0.25) is 0 Å². The molecule has 0 aliphatic rings. The maximum atomic E-state index is 9.75. The molecule has 0 aliphatic carbocycles. The lowest BCUT2D eigenvalue weighted by molar-refractivity contribution is -0.690. The summed E-state index contributed by atoms with van der Waals surface area (Å²) in [5, 5.41) is 11.6. The SMILES string of the molecule is F[B-](F)(F)F.N#Cc1cccc[n+]1Cc1cccc2ccccc12. The van der Waals surface area contributed by atoms with E-state index < -0.39 is 7.25 Å². The van der Waals surface area contributed by atoms with Crippen molar-refractivity contribution in [3.63, 3.8) is 0 Å². The van der Waals surface area contributed by atoms with Crippen LogP contribution >= 0.6 is 0 Å². The standard InChI is InChI=1S/C17H13N2.BF4/c18-12-16-9-3-4-11-19(16)13-15-8-5-7-14-6-1-2-10-17(14)15;2-1(3,4)5/h1-11H,13H2;/q+1;-1. The molecule has 122 valence electrons. The van der Waals surface area contributed by atoms with Crippen LogP contribution in [0.4, 0.5) is 17.3 Å². The van der Waals surface area contributed by atoms with Gasteiger partial charge in [0.25, 0.3) is 5.69 Å². The summed E-state index contributed by atoms with van der Waals surface area (Å²) in [6.45, 7) is 0.713. The van der Waals surface area contributed by atoms with Crippen molar-refractivity contribution in [2.24, 2.45) is 0 Å². The van der Waals surface area contributed by atoms with Gasteiger partial charge in [-0.1, -0.05) is 42.5 Å². The number of hydrogen-bond acceptors (Lipinski definition) is 1. The lowest BCUT2D eigenvalue weighted by Gasteiger charge is -2.04. The van der Waals surface area contributed by atoms with Crippen LogP contribution < -0.4 is 4.57 Å². The van der Waals surface area contributed by atoms with Crippen LogP contribution in [0.25, 0.3) is 10.8 Å². The number of pyridine rings is 1. The Morgan fingerprint density at radius 2 is 1.50 bits per heavy atom. The van der Waals surface area contributed by atoms with Crippen LogP contribution in [0, 0.1) is 11.3 Å². The zero-order chi connectivity index (χ0) is 17.6. The third-order valence-corrected chi connectivity index (χ3v) is 3.28. The topological polar surface area (TPSA) is 27.7 Å². The highest BCUT2D eigenvalue weighted by Gasteiger charge is 2.20. The van der Waals surface area contributed by atoms with E-state index in [0.717, 1.165) is 0 Å². The Kier molecular flexibility index (Phi) is 5.53. The van der Waals surface area contributed by atoms with E-state index in [1.165, 1.54) is 16.3 Å². The molecule has 0 spiro atoms. The van der Waals surface area contributed by atoms with Crippen LogP contribution in [0.2, 0.25) is 0 Å². The summed E-state index contributed by atoms with van der Waals surface area (Å²) in [5.41, 5.74) is 1.90. The van der Waals surface area contributed by atoms with Crippen LogP contribution in [0.3, 0.4) is 0 Å². The number of hydrogen-bond donors (Lipinski definition) is 0. The molecule has 0 saturated heterocycles. The number of aromatic nitrogens is 1. The molecule has 0 N–H and O–H groups in total. The number of nitrogens with zero attached hydrogens (tertiary/aromatic N) is 2. The monoisotopic (exact) mass is 332 g/mol. The van der Waals surface area contributed by atoms with Gasteiger partial charge in [-0.2, -0.15) is 9.83 Å². The molecule has 1 aromatic heterocycles. The van der Waals surface area contributed by atoms with Crippen LogP contribution in [0.1, 0.15) is 11.3 Å². The van der Waals surface area contributed by atoms with Crippen molar-refractivity contribution in [2.45, 2.75) is 6.54 Å². The third kappa shape index (κ3) is 5.09. The normalized spacial score (nSPS) is 10.6. The minimum Gasteiger partial charge on any atom is -0.418 e. The van der Waals surface area contributed by atoms with Gasteiger partial charge < -0.3 is 17.3 Å². The number of nitriles is 1. The van der Waals surface area contributed by atoms with Gasteiger partial charge in [-0.25, -0.2) is 0 Å². The molecule has 7 heteroatoms. The zero-order valence-corrected chi connectivity index (χ0v) is 12.5. The molecule has 2 aromatic carbocycles. The molecule has 0 unspecified atom stereocenters. The van der Waals surface area contributed by atoms with Gasteiger partial charge in [0.15, 0.2) is 18.8 Å². The molecule has 0 fully saturated rings. The molecule has 0 radical (unpaired) electrons. The summed E-state index contributed by atoms with van der Waals surface area (Å²) in [6, 6.07) is 22.5. The number of halogens is 4. The minimum atomic E-state index is -6.00. The van der Waals surface area contributed by atoms with Crippen LogP contribution in [0.15, 0.2) is 66.9 Å². The molecule has 2 nitrogen and oxygen atoms in total. The first kappa shape index (κ1) is 17.5. The van der Waals surface area contributed by atoms with Crippen molar-refractivity contribution >= 4 is 18.0 Å². The van der Waals surface area contributed by atoms with Crippen molar-refractivity contribution in [1.29, 1.82) is 5.26 Å². The van der Waals surface area contributed by atoms with Crippen LogP contribution in [-0.4, -0.2) is 7.25 Å². The summed E-state index contributed by atoms with van der Waals surface area (Å²) < 4.78 is 41.0. The molecule has 1 heterocycles. The highest BCUT2D eigenvalue weighted by Crippen LogP contribution is 2.18. The minimum absolute atomic E-state index is 0.676. The van der Waals surface area contributed by atoms with Gasteiger partial charge in [0.2, 0.25) is 0 Å². The lowest BCUT2D eigenvalue weighted by Crippen LogP contribution is -2.37. The molecule has 3 rings (SSSR count). The number of fused-ring (bicyclic) bond motifs is 1. The van der Waals surface area contributed by atoms with Crippen molar-refractivity contribution in [3.8, 4) is 6.07 Å². The van der Waals surface area contributed by atoms with E-state index in [4.69, 9.17) is 5.26 Å². The fourth-order valence-corrected chi connectivity index (χ4v) is 2.33. The van der Waals surface area contributed by atoms with Gasteiger partial charge in [-0.15, -0.1) is 0 Å². The van der Waals surface area contributed by atoms with Crippen molar-refractivity contribution in [1.82, 2.24) is 0 Å². The third-order valence-electron chi connectivity index (χ3n) is 3.28. The highest BCUT2D eigenvalue weighted by molar-refractivity contribution is 6.50. The van der Waals surface area contributed by atoms with E-state index in [2.05, 4.69) is 36.4 Å². The van der Waals surface area contributed by atoms with Crippen molar-refractivity contribution < 1.29 is 21.8 Å². The second kappa shape index (κ2) is 7.60. The van der Waals surface area contributed by atoms with Crippen LogP contribution in [-0.2, 0) is 6.54 Å². The van der Waals surface area contributed by atoms with Gasteiger partial charge in [0, 0.05) is 17.7 Å². The van der Waals surface area contributed by atoms with E-state index >= 15 is 0 Å². The second-order valence-corrected chi connectivity index (χ2v) is 4.96. The maximum absolute atomic E-state index is 9.75. The average molecular weight is 332 g/mol. The second-order valence-electron chi connectivity index (χ2n) is 4.96. The molecule has 0 saturated carbocycles. The Balaban J connectivity index is 0.000000368. The first-order chi connectivity index (χ1) is 11.4. The molecule has 3 aromatic rings. The lowest BCUT2D eigenvalue weighted by atomic mass is 10.0. The van der Waals surface area contributed by atoms with Gasteiger partial charge in [-0.05, 0) is 16.8 Å². The Morgan fingerprint density at radius 1 is 0.875 bits per heavy atom. The van der Waals surface area contributed by atoms with E-state index in [-0.39, 0.29) is 0 Å². The quantitative estimate of drug-likeness (QED) is 0.390. The number of rotatable bonds is 2. The highest BCUT2D eigenvalue weighted by atomic mass is 19.5.